The molecule has 1 aliphatic rings. The minimum absolute atomic E-state index is 0.199. The van der Waals surface area contributed by atoms with Crippen LogP contribution in [-0.4, -0.2) is 36.6 Å². The van der Waals surface area contributed by atoms with Crippen LogP contribution in [0.1, 0.15) is 16.2 Å². The highest BCUT2D eigenvalue weighted by molar-refractivity contribution is 5.76. The molecule has 1 aromatic heterocycles. The Bertz CT molecular complexity index is 447. The standard InChI is InChI=1S/C11H12N2O4/c1-7-2-3-10(9(5-14)13-7)16-6-8-4-12-11(15)17-8/h2-3,5,8H,4,6H2,1H3,(H,12,15). The maximum absolute atomic E-state index is 10.8. The van der Waals surface area contributed by atoms with E-state index in [2.05, 4.69) is 10.3 Å². The van der Waals surface area contributed by atoms with Crippen LogP contribution in [0, 0.1) is 6.92 Å². The van der Waals surface area contributed by atoms with Crippen LogP contribution < -0.4 is 10.1 Å². The first-order chi connectivity index (χ1) is 8.19. The molecule has 90 valence electrons. The number of aldehydes is 1. The predicted octanol–water partition coefficient (Wildman–Crippen LogP) is 0.690. The van der Waals surface area contributed by atoms with E-state index >= 15 is 0 Å². The van der Waals surface area contributed by atoms with Crippen LogP contribution in [-0.2, 0) is 4.74 Å². The number of cyclic esters (lactones) is 1. The zero-order chi connectivity index (χ0) is 12.3. The summed E-state index contributed by atoms with van der Waals surface area (Å²) in [6.07, 6.45) is -0.138. The van der Waals surface area contributed by atoms with E-state index in [9.17, 15) is 9.59 Å². The van der Waals surface area contributed by atoms with Crippen molar-refractivity contribution in [2.24, 2.45) is 0 Å². The summed E-state index contributed by atoms with van der Waals surface area (Å²) in [7, 11) is 0. The monoisotopic (exact) mass is 236 g/mol. The summed E-state index contributed by atoms with van der Waals surface area (Å²) < 4.78 is 10.3. The Hall–Kier alpha value is -2.11. The summed E-state index contributed by atoms with van der Waals surface area (Å²) >= 11 is 0. The summed E-state index contributed by atoms with van der Waals surface area (Å²) in [5.41, 5.74) is 0.996. The Morgan fingerprint density at radius 2 is 2.47 bits per heavy atom. The SMILES string of the molecule is Cc1ccc(OCC2CNC(=O)O2)c(C=O)n1. The van der Waals surface area contributed by atoms with E-state index in [0.29, 0.717) is 18.6 Å². The quantitative estimate of drug-likeness (QED) is 0.778. The van der Waals surface area contributed by atoms with E-state index in [0.717, 1.165) is 5.69 Å². The van der Waals surface area contributed by atoms with Gasteiger partial charge in [0.05, 0.1) is 6.54 Å². The van der Waals surface area contributed by atoms with Crippen molar-refractivity contribution >= 4 is 12.4 Å². The molecule has 1 fully saturated rings. The van der Waals surface area contributed by atoms with Gasteiger partial charge < -0.3 is 14.8 Å². The lowest BCUT2D eigenvalue weighted by Gasteiger charge is -2.11. The van der Waals surface area contributed by atoms with Crippen LogP contribution in [0.15, 0.2) is 12.1 Å². The highest BCUT2D eigenvalue weighted by atomic mass is 16.6. The number of carbonyl (C=O) groups excluding carboxylic acids is 2. The number of rotatable bonds is 4. The Morgan fingerprint density at radius 1 is 1.65 bits per heavy atom. The average Bonchev–Trinajstić information content (AvgIpc) is 2.73. The van der Waals surface area contributed by atoms with Crippen LogP contribution in [0.2, 0.25) is 0 Å². The second kappa shape index (κ2) is 4.82. The maximum atomic E-state index is 10.8. The molecule has 1 saturated heterocycles. The second-order valence-corrected chi connectivity index (χ2v) is 3.67. The fraction of sp³-hybridized carbons (Fsp3) is 0.364. The largest absolute Gasteiger partial charge is 0.487 e. The number of aromatic nitrogens is 1. The molecule has 1 atom stereocenters. The molecule has 0 aromatic carbocycles. The van der Waals surface area contributed by atoms with Crippen molar-refractivity contribution in [2.45, 2.75) is 13.0 Å². The lowest BCUT2D eigenvalue weighted by atomic mass is 10.3. The number of hydrogen-bond acceptors (Lipinski definition) is 5. The van der Waals surface area contributed by atoms with E-state index in [4.69, 9.17) is 9.47 Å². The molecular weight excluding hydrogens is 224 g/mol. The Kier molecular flexibility index (Phi) is 3.22. The number of nitrogens with one attached hydrogen (secondary N) is 1. The van der Waals surface area contributed by atoms with Crippen LogP contribution in [0.25, 0.3) is 0 Å². The first kappa shape index (κ1) is 11.4. The number of amides is 1. The van der Waals surface area contributed by atoms with Crippen molar-refractivity contribution in [2.75, 3.05) is 13.2 Å². The third-order valence-corrected chi connectivity index (χ3v) is 2.31. The molecular formula is C11H12N2O4. The smallest absolute Gasteiger partial charge is 0.407 e. The number of hydrogen-bond donors (Lipinski definition) is 1. The summed E-state index contributed by atoms with van der Waals surface area (Å²) in [6.45, 7) is 2.40. The van der Waals surface area contributed by atoms with Crippen LogP contribution >= 0.6 is 0 Å². The molecule has 2 rings (SSSR count). The summed E-state index contributed by atoms with van der Waals surface area (Å²) in [4.78, 5) is 25.6. The number of carbonyl (C=O) groups is 2. The van der Waals surface area contributed by atoms with E-state index in [1.165, 1.54) is 0 Å². The molecule has 0 aliphatic carbocycles. The fourth-order valence-corrected chi connectivity index (χ4v) is 1.48. The van der Waals surface area contributed by atoms with Crippen molar-refractivity contribution < 1.29 is 19.1 Å². The molecule has 1 N–H and O–H groups in total. The van der Waals surface area contributed by atoms with Gasteiger partial charge in [-0.05, 0) is 19.1 Å². The molecule has 1 amide bonds. The predicted molar refractivity (Wildman–Crippen MR) is 58.1 cm³/mol. The fourth-order valence-electron chi connectivity index (χ4n) is 1.48. The third-order valence-electron chi connectivity index (χ3n) is 2.31. The molecule has 0 saturated carbocycles. The van der Waals surface area contributed by atoms with E-state index in [1.54, 1.807) is 19.1 Å². The molecule has 1 aromatic rings. The number of alkyl carbamates (subject to hydrolysis) is 1. The third kappa shape index (κ3) is 2.72. The maximum Gasteiger partial charge on any atom is 0.407 e. The van der Waals surface area contributed by atoms with Gasteiger partial charge in [-0.1, -0.05) is 0 Å². The molecule has 0 spiro atoms. The lowest BCUT2D eigenvalue weighted by molar-refractivity contribution is 0.102. The first-order valence-corrected chi connectivity index (χ1v) is 5.19. The summed E-state index contributed by atoms with van der Waals surface area (Å²) in [6, 6.07) is 3.43. The first-order valence-electron chi connectivity index (χ1n) is 5.19. The molecule has 1 unspecified atom stereocenters. The van der Waals surface area contributed by atoms with Gasteiger partial charge in [0.15, 0.2) is 12.4 Å². The van der Waals surface area contributed by atoms with Gasteiger partial charge in [0.1, 0.15) is 18.1 Å². The highest BCUT2D eigenvalue weighted by Gasteiger charge is 2.23. The van der Waals surface area contributed by atoms with Gasteiger partial charge in [0.25, 0.3) is 0 Å². The van der Waals surface area contributed by atoms with Crippen molar-refractivity contribution in [3.8, 4) is 5.75 Å². The molecule has 1 aliphatic heterocycles. The highest BCUT2D eigenvalue weighted by Crippen LogP contribution is 2.16. The summed E-state index contributed by atoms with van der Waals surface area (Å²) in [5, 5.41) is 2.52. The molecule has 0 radical (unpaired) electrons. The minimum Gasteiger partial charge on any atom is -0.487 e. The van der Waals surface area contributed by atoms with Crippen LogP contribution in [0.4, 0.5) is 4.79 Å². The molecule has 6 nitrogen and oxygen atoms in total. The number of pyridine rings is 1. The second-order valence-electron chi connectivity index (χ2n) is 3.67. The number of aryl methyl sites for hydroxylation is 1. The van der Waals surface area contributed by atoms with Gasteiger partial charge in [-0.15, -0.1) is 0 Å². The zero-order valence-electron chi connectivity index (χ0n) is 9.30. The van der Waals surface area contributed by atoms with Gasteiger partial charge in [-0.2, -0.15) is 0 Å². The molecule has 2 heterocycles. The molecule has 0 bridgehead atoms. The van der Waals surface area contributed by atoms with E-state index < -0.39 is 6.09 Å². The molecule has 17 heavy (non-hydrogen) atoms. The van der Waals surface area contributed by atoms with Gasteiger partial charge in [0, 0.05) is 5.69 Å². The number of nitrogens with zero attached hydrogens (tertiary/aromatic N) is 1. The average molecular weight is 236 g/mol. The van der Waals surface area contributed by atoms with Crippen molar-refractivity contribution in [1.29, 1.82) is 0 Å². The van der Waals surface area contributed by atoms with Crippen molar-refractivity contribution in [1.82, 2.24) is 10.3 Å². The zero-order valence-corrected chi connectivity index (χ0v) is 9.30. The van der Waals surface area contributed by atoms with Crippen molar-refractivity contribution in [3.05, 3.63) is 23.5 Å². The van der Waals surface area contributed by atoms with Crippen LogP contribution in [0.5, 0.6) is 5.75 Å². The van der Waals surface area contributed by atoms with Gasteiger partial charge in [-0.3, -0.25) is 4.79 Å². The van der Waals surface area contributed by atoms with E-state index in [1.807, 2.05) is 0 Å². The Labute approximate surface area is 97.9 Å². The lowest BCUT2D eigenvalue weighted by Crippen LogP contribution is -2.22. The number of ether oxygens (including phenoxy) is 2. The van der Waals surface area contributed by atoms with Crippen molar-refractivity contribution in [3.63, 3.8) is 0 Å². The summed E-state index contributed by atoms with van der Waals surface area (Å²) in [5.74, 6) is 0.397. The van der Waals surface area contributed by atoms with E-state index in [-0.39, 0.29) is 18.4 Å². The Balaban J connectivity index is 1.99. The van der Waals surface area contributed by atoms with Gasteiger partial charge >= 0.3 is 6.09 Å². The van der Waals surface area contributed by atoms with Crippen LogP contribution in [0.3, 0.4) is 0 Å². The minimum atomic E-state index is -0.448. The normalized spacial score (nSPS) is 18.4. The Morgan fingerprint density at radius 3 is 3.12 bits per heavy atom. The van der Waals surface area contributed by atoms with Gasteiger partial charge in [0.2, 0.25) is 0 Å². The molecule has 6 heteroatoms. The topological polar surface area (TPSA) is 77.5 Å². The van der Waals surface area contributed by atoms with Gasteiger partial charge in [-0.25, -0.2) is 9.78 Å².